The second-order valence-corrected chi connectivity index (χ2v) is 12.3. The summed E-state index contributed by atoms with van der Waals surface area (Å²) in [4.78, 5) is 2.34. The summed E-state index contributed by atoms with van der Waals surface area (Å²) in [5, 5.41) is 1.67. The highest BCUT2D eigenvalue weighted by atomic mass is 32.2. The first-order valence-corrected chi connectivity index (χ1v) is 14.3. The lowest BCUT2D eigenvalue weighted by Crippen LogP contribution is -2.37. The molecule has 0 aliphatic heterocycles. The number of rotatable bonds is 13. The van der Waals surface area contributed by atoms with Crippen LogP contribution in [-0.4, -0.2) is 48.0 Å². The zero-order chi connectivity index (χ0) is 27.2. The molecule has 2 aromatic carbocycles. The zero-order valence-corrected chi connectivity index (χ0v) is 23.5. The van der Waals surface area contributed by atoms with E-state index in [2.05, 4.69) is 37.3 Å². The molecule has 3 rings (SSSR count). The lowest BCUT2D eigenvalue weighted by molar-refractivity contribution is -0.274. The minimum atomic E-state index is -4.75. The van der Waals surface area contributed by atoms with E-state index in [1.807, 2.05) is 24.3 Å². The number of alkyl halides is 3. The maximum Gasteiger partial charge on any atom is 0.573 e. The fourth-order valence-corrected chi connectivity index (χ4v) is 6.81. The van der Waals surface area contributed by atoms with Gasteiger partial charge < -0.3 is 14.4 Å². The molecule has 1 aromatic heterocycles. The predicted octanol–water partition coefficient (Wildman–Crippen LogP) is 7.09. The van der Waals surface area contributed by atoms with Crippen LogP contribution in [0.25, 0.3) is 10.1 Å². The van der Waals surface area contributed by atoms with Crippen molar-refractivity contribution in [3.8, 4) is 11.5 Å². The maximum absolute atomic E-state index is 13.8. The van der Waals surface area contributed by atoms with Crippen LogP contribution in [0.3, 0.4) is 0 Å². The molecule has 37 heavy (non-hydrogen) atoms. The van der Waals surface area contributed by atoms with E-state index < -0.39 is 17.3 Å². The van der Waals surface area contributed by atoms with E-state index in [-0.39, 0.29) is 12.3 Å². The second kappa shape index (κ2) is 13.0. The van der Waals surface area contributed by atoms with Crippen LogP contribution in [0.5, 0.6) is 11.5 Å². The molecule has 0 N–H and O–H groups in total. The number of methoxy groups -OCH3 is 1. The average Bonchev–Trinajstić information content (AvgIpc) is 3.18. The number of nitrogens with zero attached hydrogens (tertiary/aromatic N) is 2. The largest absolute Gasteiger partial charge is 0.573 e. The Hall–Kier alpha value is -2.30. The van der Waals surface area contributed by atoms with Crippen LogP contribution < -0.4 is 13.8 Å². The maximum atomic E-state index is 13.8. The Balaban J connectivity index is 1.89. The molecule has 1 heterocycles. The SMILES string of the molecule is COc1c(N(Cc2ccc(OC(F)(F)F)cc2)S(=O)CCN(CC(C)C)CC(C)C)sc2ccccc12. The first-order chi connectivity index (χ1) is 17.5. The molecule has 0 saturated heterocycles. The van der Waals surface area contributed by atoms with Crippen LogP contribution in [0.2, 0.25) is 0 Å². The molecule has 3 aromatic rings. The minimum Gasteiger partial charge on any atom is -0.493 e. The summed E-state index contributed by atoms with van der Waals surface area (Å²) in [6, 6.07) is 13.5. The summed E-state index contributed by atoms with van der Waals surface area (Å²) in [6.45, 7) is 11.4. The van der Waals surface area contributed by atoms with Gasteiger partial charge in [0, 0.05) is 29.7 Å². The predicted molar refractivity (Wildman–Crippen MR) is 147 cm³/mol. The lowest BCUT2D eigenvalue weighted by atomic mass is 10.1. The van der Waals surface area contributed by atoms with Crippen LogP contribution in [0.15, 0.2) is 48.5 Å². The fraction of sp³-hybridized carbons (Fsp3) is 0.481. The normalized spacial score (nSPS) is 13.1. The molecular formula is C27H35F3N2O3S2. The highest BCUT2D eigenvalue weighted by molar-refractivity contribution is 7.86. The van der Waals surface area contributed by atoms with Crippen LogP contribution >= 0.6 is 11.3 Å². The Morgan fingerprint density at radius 2 is 1.59 bits per heavy atom. The molecule has 0 spiro atoms. The summed E-state index contributed by atoms with van der Waals surface area (Å²) in [7, 11) is 0.184. The average molecular weight is 557 g/mol. The Kier molecular flexibility index (Phi) is 10.3. The topological polar surface area (TPSA) is 42.0 Å². The standard InChI is InChI=1S/C27H35F3N2O3S2/c1-19(2)16-31(17-20(3)4)14-15-37(33)32(18-21-10-12-22(13-11-21)35-27(28,29)30)26-25(34-5)23-8-6-7-9-24(23)36-26/h6-13,19-20H,14-18H2,1-5H3. The molecule has 0 fully saturated rings. The van der Waals surface area contributed by atoms with E-state index in [1.165, 1.54) is 23.5 Å². The van der Waals surface area contributed by atoms with Gasteiger partial charge in [0.05, 0.1) is 19.4 Å². The number of benzene rings is 2. The van der Waals surface area contributed by atoms with Gasteiger partial charge in [0.2, 0.25) is 0 Å². The van der Waals surface area contributed by atoms with Gasteiger partial charge in [-0.2, -0.15) is 0 Å². The van der Waals surface area contributed by atoms with Crippen molar-refractivity contribution in [1.82, 2.24) is 4.90 Å². The molecule has 0 aliphatic carbocycles. The van der Waals surface area contributed by atoms with Gasteiger partial charge in [0.1, 0.15) is 21.7 Å². The number of thiophene rings is 1. The molecule has 0 aliphatic rings. The molecule has 204 valence electrons. The molecule has 0 amide bonds. The second-order valence-electron chi connectivity index (χ2n) is 9.74. The third kappa shape index (κ3) is 8.61. The fourth-order valence-electron chi connectivity index (χ4n) is 4.18. The van der Waals surface area contributed by atoms with Crippen LogP contribution in [0.4, 0.5) is 18.2 Å². The van der Waals surface area contributed by atoms with Gasteiger partial charge in [0.25, 0.3) is 0 Å². The van der Waals surface area contributed by atoms with Crippen LogP contribution in [0.1, 0.15) is 33.3 Å². The van der Waals surface area contributed by atoms with Crippen molar-refractivity contribution >= 4 is 37.4 Å². The van der Waals surface area contributed by atoms with E-state index in [4.69, 9.17) is 4.74 Å². The smallest absolute Gasteiger partial charge is 0.493 e. The van der Waals surface area contributed by atoms with E-state index >= 15 is 0 Å². The first kappa shape index (κ1) is 29.3. The summed E-state index contributed by atoms with van der Waals surface area (Å²) in [6.07, 6.45) is -4.75. The van der Waals surface area contributed by atoms with Gasteiger partial charge in [-0.15, -0.1) is 24.5 Å². The summed E-state index contributed by atoms with van der Waals surface area (Å²) in [5.74, 6) is 1.76. The Morgan fingerprint density at radius 1 is 0.973 bits per heavy atom. The van der Waals surface area contributed by atoms with Gasteiger partial charge in [-0.05, 0) is 41.7 Å². The van der Waals surface area contributed by atoms with Crippen molar-refractivity contribution < 1.29 is 26.9 Å². The third-order valence-electron chi connectivity index (χ3n) is 5.52. The van der Waals surface area contributed by atoms with Crippen LogP contribution in [0, 0.1) is 11.8 Å². The molecule has 1 atom stereocenters. The van der Waals surface area contributed by atoms with E-state index in [0.29, 0.717) is 35.4 Å². The quantitative estimate of drug-likeness (QED) is 0.225. The van der Waals surface area contributed by atoms with Crippen molar-refractivity contribution in [1.29, 1.82) is 0 Å². The number of anilines is 1. The summed E-state index contributed by atoms with van der Waals surface area (Å²) >= 11 is 1.49. The Morgan fingerprint density at radius 3 is 2.16 bits per heavy atom. The van der Waals surface area contributed by atoms with E-state index in [9.17, 15) is 17.4 Å². The Bertz CT molecular complexity index is 1150. The zero-order valence-electron chi connectivity index (χ0n) is 21.9. The first-order valence-electron chi connectivity index (χ1n) is 12.3. The van der Waals surface area contributed by atoms with Gasteiger partial charge in [-0.1, -0.05) is 52.0 Å². The van der Waals surface area contributed by atoms with Gasteiger partial charge >= 0.3 is 6.36 Å². The summed E-state index contributed by atoms with van der Waals surface area (Å²) in [5.41, 5.74) is 0.712. The number of hydrogen-bond donors (Lipinski definition) is 0. The monoisotopic (exact) mass is 556 g/mol. The molecule has 10 heteroatoms. The third-order valence-corrected chi connectivity index (χ3v) is 8.15. The van der Waals surface area contributed by atoms with Gasteiger partial charge in [-0.25, -0.2) is 4.21 Å². The number of hydrogen-bond acceptors (Lipinski definition) is 5. The van der Waals surface area contributed by atoms with E-state index in [1.54, 1.807) is 23.5 Å². The number of halogens is 3. The molecule has 1 unspecified atom stereocenters. The highest BCUT2D eigenvalue weighted by Gasteiger charge is 2.31. The van der Waals surface area contributed by atoms with Crippen molar-refractivity contribution in [3.05, 3.63) is 54.1 Å². The van der Waals surface area contributed by atoms with E-state index in [0.717, 1.165) is 28.2 Å². The lowest BCUT2D eigenvalue weighted by Gasteiger charge is -2.28. The number of fused-ring (bicyclic) bond motifs is 1. The van der Waals surface area contributed by atoms with Crippen molar-refractivity contribution in [2.24, 2.45) is 11.8 Å². The minimum absolute atomic E-state index is 0.246. The molecule has 0 bridgehead atoms. The van der Waals surface area contributed by atoms with Crippen molar-refractivity contribution in [2.45, 2.75) is 40.6 Å². The highest BCUT2D eigenvalue weighted by Crippen LogP contribution is 2.45. The number of ether oxygens (including phenoxy) is 2. The van der Waals surface area contributed by atoms with Gasteiger partial charge in [0.15, 0.2) is 5.75 Å². The molecule has 0 saturated carbocycles. The van der Waals surface area contributed by atoms with Crippen molar-refractivity contribution in [3.63, 3.8) is 0 Å². The Labute approximate surface area is 223 Å². The van der Waals surface area contributed by atoms with Crippen molar-refractivity contribution in [2.75, 3.05) is 36.8 Å². The molecule has 5 nitrogen and oxygen atoms in total. The van der Waals surface area contributed by atoms with Gasteiger partial charge in [-0.3, -0.25) is 4.31 Å². The summed E-state index contributed by atoms with van der Waals surface area (Å²) < 4.78 is 64.1. The molecular weight excluding hydrogens is 521 g/mol. The molecule has 0 radical (unpaired) electrons. The van der Waals surface area contributed by atoms with Crippen LogP contribution in [-0.2, 0) is 17.5 Å².